The van der Waals surface area contributed by atoms with Gasteiger partial charge in [0.05, 0.1) is 12.3 Å². The summed E-state index contributed by atoms with van der Waals surface area (Å²) in [5.41, 5.74) is 3.42. The van der Waals surface area contributed by atoms with E-state index in [1.807, 2.05) is 60.7 Å². The second-order valence-electron chi connectivity index (χ2n) is 5.14. The van der Waals surface area contributed by atoms with Gasteiger partial charge in [0, 0.05) is 16.7 Å². The van der Waals surface area contributed by atoms with Crippen molar-refractivity contribution in [3.05, 3.63) is 82.9 Å². The molecule has 0 amide bonds. The van der Waals surface area contributed by atoms with E-state index in [0.29, 0.717) is 17.5 Å². The third kappa shape index (κ3) is 4.09. The van der Waals surface area contributed by atoms with Gasteiger partial charge in [0.25, 0.3) is 0 Å². The second kappa shape index (κ2) is 7.27. The standard InChI is InChI=1S/C19H16ClNO2/c20-17-8-4-7-16(11-17)18-9-15(12-22)10-19(21-18)23-13-14-5-2-1-3-6-14/h1-11,22H,12-13H2. The molecule has 0 aliphatic carbocycles. The summed E-state index contributed by atoms with van der Waals surface area (Å²) in [6.45, 7) is 0.357. The first kappa shape index (κ1) is 15.5. The van der Waals surface area contributed by atoms with Crippen molar-refractivity contribution >= 4 is 11.6 Å². The van der Waals surface area contributed by atoms with Gasteiger partial charge >= 0.3 is 0 Å². The zero-order valence-corrected chi connectivity index (χ0v) is 13.2. The number of halogens is 1. The maximum Gasteiger partial charge on any atom is 0.214 e. The minimum atomic E-state index is -0.0716. The molecule has 0 bridgehead atoms. The Morgan fingerprint density at radius 2 is 1.74 bits per heavy atom. The van der Waals surface area contributed by atoms with Crippen molar-refractivity contribution in [2.24, 2.45) is 0 Å². The smallest absolute Gasteiger partial charge is 0.214 e. The molecule has 3 rings (SSSR count). The van der Waals surface area contributed by atoms with Crippen LogP contribution in [0.1, 0.15) is 11.1 Å². The average molecular weight is 326 g/mol. The zero-order chi connectivity index (χ0) is 16.1. The number of nitrogens with zero attached hydrogens (tertiary/aromatic N) is 1. The lowest BCUT2D eigenvalue weighted by Crippen LogP contribution is -1.99. The first-order chi connectivity index (χ1) is 11.2. The summed E-state index contributed by atoms with van der Waals surface area (Å²) in [7, 11) is 0. The van der Waals surface area contributed by atoms with Crippen LogP contribution < -0.4 is 4.74 Å². The second-order valence-corrected chi connectivity index (χ2v) is 5.58. The van der Waals surface area contributed by atoms with Gasteiger partial charge in [-0.2, -0.15) is 0 Å². The van der Waals surface area contributed by atoms with E-state index in [-0.39, 0.29) is 6.61 Å². The highest BCUT2D eigenvalue weighted by atomic mass is 35.5. The third-order valence-electron chi connectivity index (χ3n) is 3.39. The lowest BCUT2D eigenvalue weighted by Gasteiger charge is -2.10. The van der Waals surface area contributed by atoms with Gasteiger partial charge in [-0.05, 0) is 29.3 Å². The van der Waals surface area contributed by atoms with E-state index in [1.165, 1.54) is 0 Å². The summed E-state index contributed by atoms with van der Waals surface area (Å²) in [5, 5.41) is 10.1. The molecule has 2 aromatic carbocycles. The quantitative estimate of drug-likeness (QED) is 0.752. The van der Waals surface area contributed by atoms with Gasteiger partial charge in [0.15, 0.2) is 0 Å². The zero-order valence-electron chi connectivity index (χ0n) is 12.4. The molecule has 0 spiro atoms. The van der Waals surface area contributed by atoms with Crippen LogP contribution in [0.15, 0.2) is 66.7 Å². The van der Waals surface area contributed by atoms with Crippen LogP contribution >= 0.6 is 11.6 Å². The Morgan fingerprint density at radius 3 is 2.48 bits per heavy atom. The number of hydrogen-bond donors (Lipinski definition) is 1. The van der Waals surface area contributed by atoms with E-state index in [9.17, 15) is 5.11 Å². The van der Waals surface area contributed by atoms with Crippen LogP contribution in [0.3, 0.4) is 0 Å². The van der Waals surface area contributed by atoms with Gasteiger partial charge in [0.2, 0.25) is 5.88 Å². The Hall–Kier alpha value is -2.36. The van der Waals surface area contributed by atoms with Gasteiger partial charge in [-0.1, -0.05) is 54.1 Å². The largest absolute Gasteiger partial charge is 0.473 e. The van der Waals surface area contributed by atoms with Crippen LogP contribution in [0.2, 0.25) is 5.02 Å². The highest BCUT2D eigenvalue weighted by molar-refractivity contribution is 6.30. The number of ether oxygens (including phenoxy) is 1. The highest BCUT2D eigenvalue weighted by Gasteiger charge is 2.07. The summed E-state index contributed by atoms with van der Waals surface area (Å²) in [6, 6.07) is 20.9. The van der Waals surface area contributed by atoms with Crippen LogP contribution in [0.25, 0.3) is 11.3 Å². The van der Waals surface area contributed by atoms with Crippen LogP contribution in [0, 0.1) is 0 Å². The van der Waals surface area contributed by atoms with Crippen LogP contribution in [-0.4, -0.2) is 10.1 Å². The van der Waals surface area contributed by atoms with E-state index in [4.69, 9.17) is 16.3 Å². The number of aliphatic hydroxyl groups is 1. The number of benzene rings is 2. The fourth-order valence-electron chi connectivity index (χ4n) is 2.25. The van der Waals surface area contributed by atoms with Crippen LogP contribution in [-0.2, 0) is 13.2 Å². The van der Waals surface area contributed by atoms with Gasteiger partial charge in [-0.25, -0.2) is 4.98 Å². The summed E-state index contributed by atoms with van der Waals surface area (Å²) in [6.07, 6.45) is 0. The summed E-state index contributed by atoms with van der Waals surface area (Å²) in [4.78, 5) is 4.52. The predicted molar refractivity (Wildman–Crippen MR) is 91.4 cm³/mol. The maximum absolute atomic E-state index is 9.46. The number of aromatic nitrogens is 1. The fraction of sp³-hybridized carbons (Fsp3) is 0.105. The van der Waals surface area contributed by atoms with Crippen molar-refractivity contribution in [1.82, 2.24) is 4.98 Å². The summed E-state index contributed by atoms with van der Waals surface area (Å²) < 4.78 is 5.77. The first-order valence-electron chi connectivity index (χ1n) is 7.29. The molecule has 3 nitrogen and oxygen atoms in total. The van der Waals surface area contributed by atoms with Crippen molar-refractivity contribution in [1.29, 1.82) is 0 Å². The van der Waals surface area contributed by atoms with Crippen molar-refractivity contribution in [3.63, 3.8) is 0 Å². The minimum absolute atomic E-state index is 0.0716. The Labute approximate surface area is 140 Å². The van der Waals surface area contributed by atoms with Crippen LogP contribution in [0.5, 0.6) is 5.88 Å². The Morgan fingerprint density at radius 1 is 0.913 bits per heavy atom. The molecular weight excluding hydrogens is 310 g/mol. The minimum Gasteiger partial charge on any atom is -0.473 e. The molecule has 0 atom stereocenters. The Kier molecular flexibility index (Phi) is 4.91. The molecule has 0 saturated carbocycles. The molecule has 3 aromatic rings. The number of aliphatic hydroxyl groups excluding tert-OH is 1. The van der Waals surface area contributed by atoms with Gasteiger partial charge < -0.3 is 9.84 Å². The van der Waals surface area contributed by atoms with Crippen molar-refractivity contribution in [3.8, 4) is 17.1 Å². The molecule has 1 heterocycles. The third-order valence-corrected chi connectivity index (χ3v) is 3.63. The maximum atomic E-state index is 9.46. The average Bonchev–Trinajstić information content (AvgIpc) is 2.60. The molecule has 0 unspecified atom stereocenters. The lowest BCUT2D eigenvalue weighted by atomic mass is 10.1. The number of rotatable bonds is 5. The molecular formula is C19H16ClNO2. The first-order valence-corrected chi connectivity index (χ1v) is 7.67. The molecule has 0 saturated heterocycles. The molecule has 23 heavy (non-hydrogen) atoms. The highest BCUT2D eigenvalue weighted by Crippen LogP contribution is 2.25. The Bertz CT molecular complexity index is 790. The van der Waals surface area contributed by atoms with Crippen molar-refractivity contribution < 1.29 is 9.84 Å². The molecule has 1 N–H and O–H groups in total. The molecule has 116 valence electrons. The molecule has 0 aliphatic heterocycles. The monoisotopic (exact) mass is 325 g/mol. The van der Waals surface area contributed by atoms with E-state index >= 15 is 0 Å². The predicted octanol–water partition coefficient (Wildman–Crippen LogP) is 4.47. The van der Waals surface area contributed by atoms with Crippen LogP contribution in [0.4, 0.5) is 0 Å². The molecule has 0 fully saturated rings. The summed E-state index contributed by atoms with van der Waals surface area (Å²) in [5.74, 6) is 0.482. The van der Waals surface area contributed by atoms with E-state index in [2.05, 4.69) is 4.98 Å². The molecule has 0 radical (unpaired) electrons. The van der Waals surface area contributed by atoms with Gasteiger partial charge in [-0.15, -0.1) is 0 Å². The fourth-order valence-corrected chi connectivity index (χ4v) is 2.44. The van der Waals surface area contributed by atoms with Gasteiger partial charge in [-0.3, -0.25) is 0 Å². The summed E-state index contributed by atoms with van der Waals surface area (Å²) >= 11 is 6.04. The molecule has 0 aliphatic rings. The SMILES string of the molecule is OCc1cc(OCc2ccccc2)nc(-c2cccc(Cl)c2)c1. The number of hydrogen-bond acceptors (Lipinski definition) is 3. The van der Waals surface area contributed by atoms with E-state index < -0.39 is 0 Å². The normalized spacial score (nSPS) is 10.5. The topological polar surface area (TPSA) is 42.4 Å². The lowest BCUT2D eigenvalue weighted by molar-refractivity contribution is 0.275. The van der Waals surface area contributed by atoms with Crippen molar-refractivity contribution in [2.75, 3.05) is 0 Å². The Balaban J connectivity index is 1.87. The number of pyridine rings is 1. The van der Waals surface area contributed by atoms with Gasteiger partial charge in [0.1, 0.15) is 6.61 Å². The van der Waals surface area contributed by atoms with Crippen molar-refractivity contribution in [2.45, 2.75) is 13.2 Å². The van der Waals surface area contributed by atoms with E-state index in [0.717, 1.165) is 22.4 Å². The van der Waals surface area contributed by atoms with E-state index in [1.54, 1.807) is 6.07 Å². The molecule has 4 heteroatoms. The molecule has 1 aromatic heterocycles.